The molecule has 162 valence electrons. The van der Waals surface area contributed by atoms with Gasteiger partial charge in [-0.3, -0.25) is 0 Å². The van der Waals surface area contributed by atoms with E-state index in [2.05, 4.69) is 59.6 Å². The lowest BCUT2D eigenvalue weighted by Gasteiger charge is -2.37. The average molecular weight is 411 g/mol. The highest BCUT2D eigenvalue weighted by molar-refractivity contribution is 5.75. The molecule has 2 aromatic rings. The number of aryl methyl sites for hydroxylation is 1. The van der Waals surface area contributed by atoms with Crippen molar-refractivity contribution in [3.05, 3.63) is 59.2 Å². The van der Waals surface area contributed by atoms with Gasteiger partial charge in [0.25, 0.3) is 0 Å². The molecule has 3 N–H and O–H groups in total. The van der Waals surface area contributed by atoms with Gasteiger partial charge in [-0.1, -0.05) is 30.3 Å². The van der Waals surface area contributed by atoms with E-state index in [0.29, 0.717) is 19.6 Å². The quantitative estimate of drug-likeness (QED) is 0.757. The molecule has 0 amide bonds. The Balaban J connectivity index is 1.66. The van der Waals surface area contributed by atoms with Crippen molar-refractivity contribution >= 4 is 17.3 Å². The summed E-state index contributed by atoms with van der Waals surface area (Å²) in [5.74, 6) is -0.194. The van der Waals surface area contributed by atoms with E-state index in [1.165, 1.54) is 11.1 Å². The number of nitrogens with one attached hydrogen (secondary N) is 1. The fourth-order valence-corrected chi connectivity index (χ4v) is 3.52. The zero-order valence-electron chi connectivity index (χ0n) is 18.6. The lowest BCUT2D eigenvalue weighted by molar-refractivity contribution is -0.201. The van der Waals surface area contributed by atoms with Crippen LogP contribution in [0.2, 0.25) is 0 Å². The molecule has 1 aliphatic heterocycles. The van der Waals surface area contributed by atoms with Gasteiger partial charge >= 0.3 is 5.97 Å². The van der Waals surface area contributed by atoms with Gasteiger partial charge in [0.05, 0.1) is 18.5 Å². The lowest BCUT2D eigenvalue weighted by atomic mass is 9.98. The molecule has 1 aliphatic rings. The minimum atomic E-state index is -0.499. The van der Waals surface area contributed by atoms with Crippen molar-refractivity contribution in [2.45, 2.75) is 40.8 Å². The molecule has 3 rings (SSSR count). The topological polar surface area (TPSA) is 70.8 Å². The van der Waals surface area contributed by atoms with E-state index >= 15 is 0 Å². The Morgan fingerprint density at radius 1 is 1.07 bits per heavy atom. The number of hydrogen-bond acceptors (Lipinski definition) is 6. The third-order valence-electron chi connectivity index (χ3n) is 5.49. The van der Waals surface area contributed by atoms with Crippen LogP contribution in [0.15, 0.2) is 42.5 Å². The molecule has 30 heavy (non-hydrogen) atoms. The lowest BCUT2D eigenvalue weighted by Crippen LogP contribution is -2.48. The summed E-state index contributed by atoms with van der Waals surface area (Å²) in [5.41, 5.74) is 11.5. The van der Waals surface area contributed by atoms with E-state index in [1.807, 2.05) is 20.8 Å². The largest absolute Gasteiger partial charge is 0.381 e. The first-order valence-corrected chi connectivity index (χ1v) is 10.6. The highest BCUT2D eigenvalue weighted by Gasteiger charge is 2.28. The Labute approximate surface area is 180 Å². The van der Waals surface area contributed by atoms with Gasteiger partial charge < -0.3 is 20.8 Å². The maximum Gasteiger partial charge on any atom is 0.330 e. The van der Waals surface area contributed by atoms with E-state index in [1.54, 1.807) is 5.06 Å². The van der Waals surface area contributed by atoms with Crippen LogP contribution in [0.5, 0.6) is 0 Å². The second-order valence-electron chi connectivity index (χ2n) is 8.83. The summed E-state index contributed by atoms with van der Waals surface area (Å²) >= 11 is 0. The molecule has 0 bridgehead atoms. The molecule has 0 aliphatic carbocycles. The Kier molecular flexibility index (Phi) is 7.00. The number of benzene rings is 2. The molecule has 0 aromatic heterocycles. The number of anilines is 2. The summed E-state index contributed by atoms with van der Waals surface area (Å²) in [4.78, 5) is 20.0. The first kappa shape index (κ1) is 22.1. The van der Waals surface area contributed by atoms with Crippen molar-refractivity contribution in [3.63, 3.8) is 0 Å². The minimum Gasteiger partial charge on any atom is -0.381 e. The summed E-state index contributed by atoms with van der Waals surface area (Å²) in [7, 11) is 0. The SMILES string of the molecule is Cc1ccccc1CNc1cccc(N2CCN(OC(=O)C(C)(C)C)CC2)c1CN. The number of nitrogens with zero attached hydrogens (tertiary/aromatic N) is 2. The average Bonchev–Trinajstić information content (AvgIpc) is 2.72. The van der Waals surface area contributed by atoms with Crippen LogP contribution in [0.3, 0.4) is 0 Å². The summed E-state index contributed by atoms with van der Waals surface area (Å²) in [5, 5.41) is 5.34. The van der Waals surface area contributed by atoms with Crippen LogP contribution < -0.4 is 16.0 Å². The van der Waals surface area contributed by atoms with Gasteiger partial charge in [-0.25, -0.2) is 4.79 Å². The third kappa shape index (κ3) is 5.32. The minimum absolute atomic E-state index is 0.194. The second kappa shape index (κ2) is 9.49. The Morgan fingerprint density at radius 2 is 1.77 bits per heavy atom. The third-order valence-corrected chi connectivity index (χ3v) is 5.49. The first-order chi connectivity index (χ1) is 14.3. The van der Waals surface area contributed by atoms with E-state index in [0.717, 1.165) is 36.6 Å². The molecular weight excluding hydrogens is 376 g/mol. The van der Waals surface area contributed by atoms with E-state index in [-0.39, 0.29) is 5.97 Å². The van der Waals surface area contributed by atoms with Crippen LogP contribution >= 0.6 is 0 Å². The Bertz CT molecular complexity index is 868. The number of hydroxylamine groups is 2. The maximum absolute atomic E-state index is 12.1. The molecule has 0 atom stereocenters. The van der Waals surface area contributed by atoms with E-state index < -0.39 is 5.41 Å². The molecule has 6 heteroatoms. The van der Waals surface area contributed by atoms with E-state index in [9.17, 15) is 4.79 Å². The fraction of sp³-hybridized carbons (Fsp3) is 0.458. The zero-order chi connectivity index (χ0) is 21.7. The van der Waals surface area contributed by atoms with Crippen LogP contribution in [0.4, 0.5) is 11.4 Å². The van der Waals surface area contributed by atoms with Crippen LogP contribution in [0, 0.1) is 12.3 Å². The van der Waals surface area contributed by atoms with Crippen LogP contribution in [0.1, 0.15) is 37.5 Å². The Morgan fingerprint density at radius 3 is 2.40 bits per heavy atom. The van der Waals surface area contributed by atoms with Crippen molar-refractivity contribution in [1.82, 2.24) is 5.06 Å². The number of carbonyl (C=O) groups excluding carboxylic acids is 1. The predicted octanol–water partition coefficient (Wildman–Crippen LogP) is 3.69. The Hall–Kier alpha value is -2.57. The normalized spacial score (nSPS) is 15.2. The standard InChI is InChI=1S/C24H34N4O2/c1-18-8-5-6-9-19(18)17-26-21-10-7-11-22(20(21)16-25)27-12-14-28(15-13-27)30-23(29)24(2,3)4/h5-11,26H,12-17,25H2,1-4H3. The van der Waals surface area contributed by atoms with Crippen molar-refractivity contribution in [3.8, 4) is 0 Å². The van der Waals surface area contributed by atoms with Crippen LogP contribution in [0.25, 0.3) is 0 Å². The highest BCUT2D eigenvalue weighted by Crippen LogP contribution is 2.29. The molecule has 2 aromatic carbocycles. The molecule has 1 heterocycles. The van der Waals surface area contributed by atoms with Crippen molar-refractivity contribution in [2.24, 2.45) is 11.1 Å². The van der Waals surface area contributed by atoms with Gasteiger partial charge in [0.2, 0.25) is 0 Å². The highest BCUT2D eigenvalue weighted by atomic mass is 16.7. The van der Waals surface area contributed by atoms with Crippen LogP contribution in [-0.2, 0) is 22.7 Å². The number of nitrogens with two attached hydrogens (primary N) is 1. The first-order valence-electron chi connectivity index (χ1n) is 10.6. The summed E-state index contributed by atoms with van der Waals surface area (Å²) in [6.07, 6.45) is 0. The van der Waals surface area contributed by atoms with E-state index in [4.69, 9.17) is 10.6 Å². The zero-order valence-corrected chi connectivity index (χ0v) is 18.6. The molecule has 0 spiro atoms. The van der Waals surface area contributed by atoms with Crippen molar-refractivity contribution < 1.29 is 9.63 Å². The number of carbonyl (C=O) groups is 1. The monoisotopic (exact) mass is 410 g/mol. The number of piperazine rings is 1. The predicted molar refractivity (Wildman–Crippen MR) is 122 cm³/mol. The molecule has 1 saturated heterocycles. The molecular formula is C24H34N4O2. The van der Waals surface area contributed by atoms with Gasteiger partial charge in [0.1, 0.15) is 0 Å². The van der Waals surface area contributed by atoms with Gasteiger partial charge in [-0.2, -0.15) is 0 Å². The fourth-order valence-electron chi connectivity index (χ4n) is 3.52. The maximum atomic E-state index is 12.1. The second-order valence-corrected chi connectivity index (χ2v) is 8.83. The van der Waals surface area contributed by atoms with Crippen LogP contribution in [-0.4, -0.2) is 37.2 Å². The van der Waals surface area contributed by atoms with Gasteiger partial charge in [0.15, 0.2) is 0 Å². The molecule has 0 unspecified atom stereocenters. The summed E-state index contributed by atoms with van der Waals surface area (Å²) in [6, 6.07) is 14.7. The smallest absolute Gasteiger partial charge is 0.330 e. The van der Waals surface area contributed by atoms with Crippen molar-refractivity contribution in [1.29, 1.82) is 0 Å². The van der Waals surface area contributed by atoms with Gasteiger partial charge in [-0.15, -0.1) is 5.06 Å². The van der Waals surface area contributed by atoms with Gasteiger partial charge in [-0.05, 0) is 51.0 Å². The number of hydrogen-bond donors (Lipinski definition) is 2. The summed E-state index contributed by atoms with van der Waals surface area (Å²) in [6.45, 7) is 11.9. The molecule has 0 saturated carbocycles. The number of rotatable bonds is 6. The van der Waals surface area contributed by atoms with Crippen molar-refractivity contribution in [2.75, 3.05) is 36.4 Å². The molecule has 0 radical (unpaired) electrons. The molecule has 6 nitrogen and oxygen atoms in total. The van der Waals surface area contributed by atoms with Gasteiger partial charge in [0, 0.05) is 43.1 Å². The molecule has 1 fully saturated rings. The summed E-state index contributed by atoms with van der Waals surface area (Å²) < 4.78 is 0.